The minimum Gasteiger partial charge on any atom is -0.497 e. The maximum atomic E-state index is 13.5. The van der Waals surface area contributed by atoms with E-state index in [0.717, 1.165) is 68.1 Å². The van der Waals surface area contributed by atoms with Crippen LogP contribution in [-0.2, 0) is 21.8 Å². The van der Waals surface area contributed by atoms with Crippen molar-refractivity contribution in [1.82, 2.24) is 9.80 Å². The Morgan fingerprint density at radius 1 is 0.529 bits per heavy atom. The Labute approximate surface area is 294 Å². The van der Waals surface area contributed by atoms with E-state index in [9.17, 15) is 26.3 Å². The minimum absolute atomic E-state index is 0.322. The van der Waals surface area contributed by atoms with Gasteiger partial charge < -0.3 is 23.8 Å². The molecule has 5 rings (SSSR count). The Hall–Kier alpha value is -4.10. The summed E-state index contributed by atoms with van der Waals surface area (Å²) in [5.74, 6) is 1.28. The maximum Gasteiger partial charge on any atom is 0.416 e. The standard InChI is InChI=1S/C39H42F6N2O4/c1-48-34-14-10-28(11-15-34)36(30-6-3-8-32(26-30)38(40,41)42)50-24-5-18-46-19-21-47(22-20-46)23-25-51-37(29-12-16-35(49-2)17-13-29)31-7-4-9-33(27-31)39(43,44)45/h3-4,6-17,26-27,36-37H,5,18-25H2,1-2H3. The molecule has 0 aromatic heterocycles. The van der Waals surface area contributed by atoms with Gasteiger partial charge in [0.2, 0.25) is 0 Å². The van der Waals surface area contributed by atoms with Gasteiger partial charge in [-0.05, 0) is 77.2 Å². The molecule has 0 N–H and O–H groups in total. The third kappa shape index (κ3) is 10.7. The number of ether oxygens (including phenoxy) is 4. The summed E-state index contributed by atoms with van der Waals surface area (Å²) >= 11 is 0. The number of rotatable bonds is 15. The number of benzene rings is 4. The van der Waals surface area contributed by atoms with Gasteiger partial charge >= 0.3 is 12.4 Å². The van der Waals surface area contributed by atoms with Gasteiger partial charge in [0.15, 0.2) is 0 Å². The predicted octanol–water partition coefficient (Wildman–Crippen LogP) is 8.66. The van der Waals surface area contributed by atoms with Crippen LogP contribution >= 0.6 is 0 Å². The van der Waals surface area contributed by atoms with Crippen LogP contribution in [0.15, 0.2) is 97.1 Å². The second-order valence-electron chi connectivity index (χ2n) is 12.3. The number of alkyl halides is 6. The molecule has 0 radical (unpaired) electrons. The van der Waals surface area contributed by atoms with E-state index in [1.54, 1.807) is 74.9 Å². The summed E-state index contributed by atoms with van der Waals surface area (Å²) in [7, 11) is 3.10. The first-order valence-electron chi connectivity index (χ1n) is 16.7. The molecule has 0 saturated carbocycles. The van der Waals surface area contributed by atoms with E-state index in [-0.39, 0.29) is 0 Å². The largest absolute Gasteiger partial charge is 0.497 e. The van der Waals surface area contributed by atoms with Crippen LogP contribution in [0.25, 0.3) is 0 Å². The highest BCUT2D eigenvalue weighted by molar-refractivity contribution is 5.38. The first kappa shape index (κ1) is 38.1. The van der Waals surface area contributed by atoms with Crippen LogP contribution in [0.1, 0.15) is 52.0 Å². The van der Waals surface area contributed by atoms with Crippen molar-refractivity contribution in [3.05, 3.63) is 130 Å². The quantitative estimate of drug-likeness (QED) is 0.0907. The van der Waals surface area contributed by atoms with Crippen LogP contribution in [-0.4, -0.2) is 76.5 Å². The van der Waals surface area contributed by atoms with Crippen molar-refractivity contribution in [3.8, 4) is 11.5 Å². The van der Waals surface area contributed by atoms with Gasteiger partial charge in [0, 0.05) is 45.9 Å². The summed E-state index contributed by atoms with van der Waals surface area (Å²) in [4.78, 5) is 4.58. The van der Waals surface area contributed by atoms with Gasteiger partial charge in [-0.15, -0.1) is 0 Å². The van der Waals surface area contributed by atoms with Crippen molar-refractivity contribution in [2.24, 2.45) is 0 Å². The molecule has 1 heterocycles. The minimum atomic E-state index is -4.47. The summed E-state index contributed by atoms with van der Waals surface area (Å²) in [5, 5.41) is 0. The highest BCUT2D eigenvalue weighted by Gasteiger charge is 2.32. The van der Waals surface area contributed by atoms with Crippen molar-refractivity contribution in [3.63, 3.8) is 0 Å². The Kier molecular flexibility index (Phi) is 13.0. The van der Waals surface area contributed by atoms with Crippen molar-refractivity contribution in [2.75, 3.05) is 66.7 Å². The normalized spacial score (nSPS) is 15.8. The van der Waals surface area contributed by atoms with Crippen LogP contribution in [0.3, 0.4) is 0 Å². The summed E-state index contributed by atoms with van der Waals surface area (Å²) in [6, 6.07) is 24.7. The second kappa shape index (κ2) is 17.4. The molecule has 1 saturated heterocycles. The Morgan fingerprint density at radius 2 is 0.941 bits per heavy atom. The number of piperazine rings is 1. The lowest BCUT2D eigenvalue weighted by Crippen LogP contribution is -2.47. The third-order valence-electron chi connectivity index (χ3n) is 8.93. The monoisotopic (exact) mass is 716 g/mol. The van der Waals surface area contributed by atoms with Crippen LogP contribution in [0, 0.1) is 0 Å². The molecule has 6 nitrogen and oxygen atoms in total. The zero-order valence-electron chi connectivity index (χ0n) is 28.6. The van der Waals surface area contributed by atoms with Gasteiger partial charge in [0.1, 0.15) is 23.7 Å². The van der Waals surface area contributed by atoms with Crippen molar-refractivity contribution >= 4 is 0 Å². The maximum absolute atomic E-state index is 13.5. The van der Waals surface area contributed by atoms with E-state index in [0.29, 0.717) is 48.8 Å². The summed E-state index contributed by atoms with van der Waals surface area (Å²) < 4.78 is 104. The molecule has 1 aliphatic heterocycles. The molecular formula is C39H42F6N2O4. The van der Waals surface area contributed by atoms with Crippen LogP contribution in [0.4, 0.5) is 26.3 Å². The van der Waals surface area contributed by atoms with E-state index in [2.05, 4.69) is 9.80 Å². The zero-order valence-corrected chi connectivity index (χ0v) is 28.6. The van der Waals surface area contributed by atoms with Gasteiger partial charge in [0.25, 0.3) is 0 Å². The molecular weight excluding hydrogens is 674 g/mol. The highest BCUT2D eigenvalue weighted by atomic mass is 19.4. The Bertz CT molecular complexity index is 1660. The van der Waals surface area contributed by atoms with E-state index in [4.69, 9.17) is 18.9 Å². The summed E-state index contributed by atoms with van der Waals surface area (Å²) in [6.45, 7) is 5.25. The van der Waals surface area contributed by atoms with Crippen LogP contribution in [0.2, 0.25) is 0 Å². The molecule has 4 aromatic carbocycles. The van der Waals surface area contributed by atoms with E-state index in [1.165, 1.54) is 12.1 Å². The lowest BCUT2D eigenvalue weighted by molar-refractivity contribution is -0.138. The lowest BCUT2D eigenvalue weighted by Gasteiger charge is -2.35. The topological polar surface area (TPSA) is 43.4 Å². The van der Waals surface area contributed by atoms with E-state index >= 15 is 0 Å². The van der Waals surface area contributed by atoms with E-state index < -0.39 is 35.7 Å². The average molecular weight is 717 g/mol. The van der Waals surface area contributed by atoms with Crippen molar-refractivity contribution in [1.29, 1.82) is 0 Å². The molecule has 1 aliphatic rings. The summed E-state index contributed by atoms with van der Waals surface area (Å²) in [5.41, 5.74) is 0.850. The molecule has 4 aromatic rings. The van der Waals surface area contributed by atoms with Crippen molar-refractivity contribution < 1.29 is 45.3 Å². The van der Waals surface area contributed by atoms with E-state index in [1.807, 2.05) is 0 Å². The third-order valence-corrected chi connectivity index (χ3v) is 8.93. The predicted molar refractivity (Wildman–Crippen MR) is 182 cm³/mol. The zero-order chi connectivity index (χ0) is 36.4. The molecule has 0 bridgehead atoms. The fourth-order valence-corrected chi connectivity index (χ4v) is 6.11. The number of hydrogen-bond acceptors (Lipinski definition) is 6. The molecule has 274 valence electrons. The molecule has 0 aliphatic carbocycles. The van der Waals surface area contributed by atoms with Gasteiger partial charge in [0.05, 0.1) is 32.0 Å². The van der Waals surface area contributed by atoms with Crippen LogP contribution < -0.4 is 9.47 Å². The fraction of sp³-hybridized carbons (Fsp3) is 0.385. The fourth-order valence-electron chi connectivity index (χ4n) is 6.11. The Balaban J connectivity index is 1.12. The molecule has 12 heteroatoms. The lowest BCUT2D eigenvalue weighted by atomic mass is 9.99. The first-order valence-corrected chi connectivity index (χ1v) is 16.7. The number of methoxy groups -OCH3 is 2. The Morgan fingerprint density at radius 3 is 1.35 bits per heavy atom. The summed E-state index contributed by atoms with van der Waals surface area (Å²) in [6.07, 6.45) is -9.59. The van der Waals surface area contributed by atoms with Crippen molar-refractivity contribution in [2.45, 2.75) is 31.0 Å². The van der Waals surface area contributed by atoms with Gasteiger partial charge in [-0.1, -0.05) is 48.5 Å². The van der Waals surface area contributed by atoms with Gasteiger partial charge in [-0.3, -0.25) is 4.90 Å². The second-order valence-corrected chi connectivity index (χ2v) is 12.3. The number of nitrogens with zero attached hydrogens (tertiary/aromatic N) is 2. The molecule has 2 unspecified atom stereocenters. The number of hydrogen-bond donors (Lipinski definition) is 0. The highest BCUT2D eigenvalue weighted by Crippen LogP contribution is 2.35. The SMILES string of the molecule is COc1ccc(C(OCCCN2CCN(CCOC(c3ccc(OC)cc3)c3cccc(C(F)(F)F)c3)CC2)c2cccc(C(F)(F)F)c2)cc1. The average Bonchev–Trinajstić information content (AvgIpc) is 3.13. The smallest absolute Gasteiger partial charge is 0.416 e. The van der Waals surface area contributed by atoms with Gasteiger partial charge in [-0.25, -0.2) is 0 Å². The molecule has 2 atom stereocenters. The molecule has 51 heavy (non-hydrogen) atoms. The van der Waals surface area contributed by atoms with Gasteiger partial charge in [-0.2, -0.15) is 26.3 Å². The molecule has 1 fully saturated rings. The molecule has 0 spiro atoms. The molecule has 0 amide bonds. The van der Waals surface area contributed by atoms with Crippen LogP contribution in [0.5, 0.6) is 11.5 Å². The number of halogens is 6. The first-order chi connectivity index (χ1) is 24.4.